The van der Waals surface area contributed by atoms with Crippen molar-refractivity contribution in [1.29, 1.82) is 0 Å². The third-order valence-electron chi connectivity index (χ3n) is 0.852. The van der Waals surface area contributed by atoms with Crippen molar-refractivity contribution < 1.29 is 53.7 Å². The zero-order valence-electron chi connectivity index (χ0n) is 11.9. The third-order valence-corrected chi connectivity index (χ3v) is 0.852. The number of phosphoric acid groups is 1. The van der Waals surface area contributed by atoms with Crippen molar-refractivity contribution in [2.75, 3.05) is 13.2 Å². The molecular weight excluding hydrogens is 339 g/mol. The van der Waals surface area contributed by atoms with Crippen LogP contribution in [-0.4, -0.2) is 61.1 Å². The molecule has 0 saturated heterocycles. The standard InChI is InChI=1S/C5H8O3.2C3H4O2.H3O4P/c1-2-5(7)8-4-3-6;2*1-2-3(4)5;1-5(2,3)4/h2,6H,1,3-4H2;2*2H,1H2,(H,4,5);(H3,1,2,3,4). The number of ether oxygens (including phenoxy) is 1. The van der Waals surface area contributed by atoms with Gasteiger partial charge in [0.15, 0.2) is 0 Å². The lowest BCUT2D eigenvalue weighted by molar-refractivity contribution is -0.138. The lowest BCUT2D eigenvalue weighted by Gasteiger charge is -1.94. The molecule has 0 heterocycles. The average Bonchev–Trinajstić information content (AvgIpc) is 2.44. The van der Waals surface area contributed by atoms with Crippen LogP contribution in [0.15, 0.2) is 38.0 Å². The van der Waals surface area contributed by atoms with Crippen molar-refractivity contribution in [2.45, 2.75) is 0 Å². The number of carboxylic acid groups (broad SMARTS) is 2. The Morgan fingerprint density at radius 1 is 0.913 bits per heavy atom. The van der Waals surface area contributed by atoms with Gasteiger partial charge in [-0.05, 0) is 0 Å². The highest BCUT2D eigenvalue weighted by Crippen LogP contribution is 2.25. The summed E-state index contributed by atoms with van der Waals surface area (Å²) in [6.07, 6.45) is 2.72. The summed E-state index contributed by atoms with van der Waals surface area (Å²) < 4.78 is 13.2. The predicted molar refractivity (Wildman–Crippen MR) is 78.2 cm³/mol. The zero-order chi connectivity index (χ0) is 19.5. The number of carboxylic acids is 2. The van der Waals surface area contributed by atoms with Crippen LogP contribution in [0.4, 0.5) is 0 Å². The molecule has 0 bridgehead atoms. The number of rotatable bonds is 5. The summed E-state index contributed by atoms with van der Waals surface area (Å²) in [5.74, 6) is -2.46. The first kappa shape index (κ1) is 28.8. The molecule has 12 heteroatoms. The second-order valence-electron chi connectivity index (χ2n) is 2.69. The minimum absolute atomic E-state index is 0.0465. The van der Waals surface area contributed by atoms with E-state index in [4.69, 9.17) is 34.6 Å². The topological polar surface area (TPSA) is 199 Å². The molecule has 6 N–H and O–H groups in total. The molecule has 0 fully saturated rings. The van der Waals surface area contributed by atoms with Crippen LogP contribution < -0.4 is 0 Å². The van der Waals surface area contributed by atoms with E-state index in [0.29, 0.717) is 0 Å². The van der Waals surface area contributed by atoms with Crippen LogP contribution in [0.1, 0.15) is 0 Å². The van der Waals surface area contributed by atoms with Crippen LogP contribution >= 0.6 is 7.82 Å². The first-order chi connectivity index (χ1) is 10.3. The summed E-state index contributed by atoms with van der Waals surface area (Å²) in [6, 6.07) is 0. The van der Waals surface area contributed by atoms with E-state index in [1.54, 1.807) is 0 Å². The predicted octanol–water partition coefficient (Wildman–Crippen LogP) is -0.707. The van der Waals surface area contributed by atoms with E-state index in [0.717, 1.165) is 18.2 Å². The number of aliphatic carboxylic acids is 2. The van der Waals surface area contributed by atoms with E-state index in [9.17, 15) is 14.4 Å². The van der Waals surface area contributed by atoms with Gasteiger partial charge in [0, 0.05) is 18.2 Å². The Bertz CT molecular complexity index is 397. The lowest BCUT2D eigenvalue weighted by Crippen LogP contribution is -2.04. The fraction of sp³-hybridized carbons (Fsp3) is 0.182. The Labute approximate surface area is 131 Å². The molecule has 0 unspecified atom stereocenters. The van der Waals surface area contributed by atoms with Gasteiger partial charge in [0.05, 0.1) is 6.61 Å². The van der Waals surface area contributed by atoms with Gasteiger partial charge in [-0.1, -0.05) is 19.7 Å². The van der Waals surface area contributed by atoms with Crippen LogP contribution in [0.3, 0.4) is 0 Å². The van der Waals surface area contributed by atoms with Crippen molar-refractivity contribution in [3.05, 3.63) is 38.0 Å². The maximum Gasteiger partial charge on any atom is 0.466 e. The molecule has 23 heavy (non-hydrogen) atoms. The smallest absolute Gasteiger partial charge is 0.466 e. The number of hydrogen-bond donors (Lipinski definition) is 6. The van der Waals surface area contributed by atoms with Gasteiger partial charge in [0.25, 0.3) is 0 Å². The van der Waals surface area contributed by atoms with E-state index in [2.05, 4.69) is 24.5 Å². The normalized spacial score (nSPS) is 8.17. The van der Waals surface area contributed by atoms with Crippen LogP contribution in [0.25, 0.3) is 0 Å². The number of esters is 1. The fourth-order valence-corrected chi connectivity index (χ4v) is 0.205. The second kappa shape index (κ2) is 19.7. The summed E-state index contributed by atoms with van der Waals surface area (Å²) in [5, 5.41) is 23.3. The monoisotopic (exact) mass is 358 g/mol. The van der Waals surface area contributed by atoms with Gasteiger partial charge < -0.3 is 34.7 Å². The van der Waals surface area contributed by atoms with Crippen molar-refractivity contribution in [3.8, 4) is 0 Å². The molecule has 0 aliphatic carbocycles. The number of carbonyl (C=O) groups excluding carboxylic acids is 1. The number of aliphatic hydroxyl groups excluding tert-OH is 1. The van der Waals surface area contributed by atoms with Crippen LogP contribution in [0, 0.1) is 0 Å². The molecule has 0 aromatic carbocycles. The molecule has 0 atom stereocenters. The molecule has 0 spiro atoms. The van der Waals surface area contributed by atoms with Gasteiger partial charge in [0.2, 0.25) is 0 Å². The summed E-state index contributed by atoms with van der Waals surface area (Å²) in [5.41, 5.74) is 0. The maximum absolute atomic E-state index is 10.1. The molecule has 0 radical (unpaired) electrons. The van der Waals surface area contributed by atoms with Crippen LogP contribution in [0.2, 0.25) is 0 Å². The Morgan fingerprint density at radius 2 is 1.17 bits per heavy atom. The summed E-state index contributed by atoms with van der Waals surface area (Å²) in [4.78, 5) is 50.2. The van der Waals surface area contributed by atoms with E-state index in [-0.39, 0.29) is 13.2 Å². The largest absolute Gasteiger partial charge is 0.478 e. The Morgan fingerprint density at radius 3 is 1.30 bits per heavy atom. The van der Waals surface area contributed by atoms with Gasteiger partial charge in [-0.15, -0.1) is 0 Å². The average molecular weight is 358 g/mol. The third kappa shape index (κ3) is 104. The molecule has 11 nitrogen and oxygen atoms in total. The quantitative estimate of drug-likeness (QED) is 0.206. The number of aliphatic hydroxyl groups is 1. The summed E-state index contributed by atoms with van der Waals surface area (Å²) in [6.45, 7) is 8.99. The Kier molecular flexibility index (Phi) is 24.7. The second-order valence-corrected chi connectivity index (χ2v) is 3.72. The molecule has 134 valence electrons. The minimum atomic E-state index is -4.64. The number of hydrogen-bond acceptors (Lipinski definition) is 6. The van der Waals surface area contributed by atoms with E-state index in [1.165, 1.54) is 0 Å². The van der Waals surface area contributed by atoms with Crippen LogP contribution in [-0.2, 0) is 23.7 Å². The molecule has 0 aromatic rings. The summed E-state index contributed by atoms with van der Waals surface area (Å²) >= 11 is 0. The van der Waals surface area contributed by atoms with Gasteiger partial charge in [-0.2, -0.15) is 0 Å². The Hall–Kier alpha value is -2.30. The molecule has 0 rings (SSSR count). The van der Waals surface area contributed by atoms with Gasteiger partial charge in [0.1, 0.15) is 6.61 Å². The highest BCUT2D eigenvalue weighted by atomic mass is 31.2. The number of carbonyl (C=O) groups is 3. The Balaban J connectivity index is -0.000000108. The van der Waals surface area contributed by atoms with Gasteiger partial charge in [-0.3, -0.25) is 0 Å². The van der Waals surface area contributed by atoms with Crippen molar-refractivity contribution in [2.24, 2.45) is 0 Å². The first-order valence-electron chi connectivity index (χ1n) is 5.24. The molecule has 0 aliphatic heterocycles. The fourth-order valence-electron chi connectivity index (χ4n) is 0.205. The van der Waals surface area contributed by atoms with Crippen LogP contribution in [0.5, 0.6) is 0 Å². The highest BCUT2D eigenvalue weighted by molar-refractivity contribution is 7.45. The van der Waals surface area contributed by atoms with E-state index >= 15 is 0 Å². The van der Waals surface area contributed by atoms with E-state index in [1.807, 2.05) is 0 Å². The van der Waals surface area contributed by atoms with E-state index < -0.39 is 25.7 Å². The molecule has 0 aromatic heterocycles. The van der Waals surface area contributed by atoms with Crippen molar-refractivity contribution in [3.63, 3.8) is 0 Å². The van der Waals surface area contributed by atoms with Gasteiger partial charge in [-0.25, -0.2) is 18.9 Å². The summed E-state index contributed by atoms with van der Waals surface area (Å²) in [7, 11) is -4.64. The molecule has 0 aliphatic rings. The zero-order valence-corrected chi connectivity index (χ0v) is 12.8. The minimum Gasteiger partial charge on any atom is -0.478 e. The maximum atomic E-state index is 10.1. The molecule has 0 saturated carbocycles. The van der Waals surface area contributed by atoms with Gasteiger partial charge >= 0.3 is 25.7 Å². The first-order valence-corrected chi connectivity index (χ1v) is 6.81. The SMILES string of the molecule is C=CC(=O)O.C=CC(=O)O.C=CC(=O)OCCO.O=P(O)(O)O. The highest BCUT2D eigenvalue weighted by Gasteiger charge is 2.00. The molecule has 0 amide bonds. The molecular formula is C11H19O11P. The van der Waals surface area contributed by atoms with Crippen molar-refractivity contribution >= 4 is 25.7 Å². The van der Waals surface area contributed by atoms with Crippen molar-refractivity contribution in [1.82, 2.24) is 0 Å². The lowest BCUT2D eigenvalue weighted by atomic mass is 10.6.